The topological polar surface area (TPSA) is 65.1 Å². The van der Waals surface area contributed by atoms with E-state index in [1.54, 1.807) is 12.1 Å². The molecule has 0 saturated carbocycles. The van der Waals surface area contributed by atoms with Crippen molar-refractivity contribution in [2.24, 2.45) is 10.9 Å². The van der Waals surface area contributed by atoms with Crippen molar-refractivity contribution in [2.75, 3.05) is 27.2 Å². The highest BCUT2D eigenvalue weighted by Gasteiger charge is 2.22. The predicted molar refractivity (Wildman–Crippen MR) is 80.9 cm³/mol. The lowest BCUT2D eigenvalue weighted by atomic mass is 10.0. The first-order valence-corrected chi connectivity index (χ1v) is 7.17. The fourth-order valence-electron chi connectivity index (χ4n) is 2.85. The van der Waals surface area contributed by atoms with E-state index >= 15 is 0 Å². The molecule has 0 radical (unpaired) electrons. The summed E-state index contributed by atoms with van der Waals surface area (Å²) in [5, 5.41) is 11.6. The SMILES string of the molecule is CN1CCCC(N(C)Cc2cccc(/C(N)=N/O)c2F)C1. The highest BCUT2D eigenvalue weighted by Crippen LogP contribution is 2.19. The summed E-state index contributed by atoms with van der Waals surface area (Å²) < 4.78 is 14.4. The van der Waals surface area contributed by atoms with E-state index in [-0.39, 0.29) is 11.4 Å². The molecule has 0 aromatic heterocycles. The Bertz CT molecular complexity index is 520. The quantitative estimate of drug-likeness (QED) is 0.382. The largest absolute Gasteiger partial charge is 0.409 e. The second-order valence-corrected chi connectivity index (χ2v) is 5.74. The number of oxime groups is 1. The van der Waals surface area contributed by atoms with Crippen LogP contribution in [0.3, 0.4) is 0 Å². The molecule has 1 heterocycles. The average Bonchev–Trinajstić information content (AvgIpc) is 2.48. The summed E-state index contributed by atoms with van der Waals surface area (Å²) in [5.41, 5.74) is 6.20. The molecule has 2 rings (SSSR count). The van der Waals surface area contributed by atoms with E-state index in [9.17, 15) is 4.39 Å². The number of hydrogen-bond acceptors (Lipinski definition) is 4. The van der Waals surface area contributed by atoms with Gasteiger partial charge in [0, 0.05) is 24.7 Å². The third-order valence-electron chi connectivity index (χ3n) is 4.11. The monoisotopic (exact) mass is 294 g/mol. The number of halogens is 1. The fraction of sp³-hybridized carbons (Fsp3) is 0.533. The summed E-state index contributed by atoms with van der Waals surface area (Å²) in [6.07, 6.45) is 2.29. The van der Waals surface area contributed by atoms with Crippen LogP contribution < -0.4 is 5.73 Å². The molecule has 1 aromatic carbocycles. The van der Waals surface area contributed by atoms with Crippen LogP contribution in [0.1, 0.15) is 24.0 Å². The Morgan fingerprint density at radius 1 is 1.57 bits per heavy atom. The van der Waals surface area contributed by atoms with Gasteiger partial charge in [0.15, 0.2) is 5.84 Å². The van der Waals surface area contributed by atoms with Gasteiger partial charge in [0.1, 0.15) is 5.82 Å². The Kier molecular flexibility index (Phi) is 5.14. The van der Waals surface area contributed by atoms with Crippen LogP contribution in [-0.2, 0) is 6.54 Å². The molecule has 0 amide bonds. The Hall–Kier alpha value is -1.66. The maximum Gasteiger partial charge on any atom is 0.173 e. The summed E-state index contributed by atoms with van der Waals surface area (Å²) in [7, 11) is 4.12. The van der Waals surface area contributed by atoms with Crippen LogP contribution in [0.25, 0.3) is 0 Å². The third kappa shape index (κ3) is 3.71. The molecule has 116 valence electrons. The highest BCUT2D eigenvalue weighted by molar-refractivity contribution is 5.97. The molecule has 1 fully saturated rings. The number of amidine groups is 1. The van der Waals surface area contributed by atoms with Gasteiger partial charge in [0.25, 0.3) is 0 Å². The van der Waals surface area contributed by atoms with Crippen molar-refractivity contribution < 1.29 is 9.60 Å². The first-order valence-electron chi connectivity index (χ1n) is 7.17. The van der Waals surface area contributed by atoms with Crippen LogP contribution in [0.4, 0.5) is 4.39 Å². The van der Waals surface area contributed by atoms with E-state index in [2.05, 4.69) is 22.0 Å². The highest BCUT2D eigenvalue weighted by atomic mass is 19.1. The molecule has 1 atom stereocenters. The van der Waals surface area contributed by atoms with Crippen molar-refractivity contribution in [1.29, 1.82) is 0 Å². The smallest absolute Gasteiger partial charge is 0.173 e. The van der Waals surface area contributed by atoms with Crippen LogP contribution in [0, 0.1) is 5.82 Å². The van der Waals surface area contributed by atoms with Gasteiger partial charge < -0.3 is 15.8 Å². The Balaban J connectivity index is 2.12. The van der Waals surface area contributed by atoms with Crippen LogP contribution in [0.2, 0.25) is 0 Å². The lowest BCUT2D eigenvalue weighted by Crippen LogP contribution is -2.44. The van der Waals surface area contributed by atoms with E-state index in [4.69, 9.17) is 10.9 Å². The summed E-state index contributed by atoms with van der Waals surface area (Å²) in [4.78, 5) is 4.47. The summed E-state index contributed by atoms with van der Waals surface area (Å²) in [5.74, 6) is -0.613. The number of benzene rings is 1. The summed E-state index contributed by atoms with van der Waals surface area (Å²) in [6, 6.07) is 5.41. The van der Waals surface area contributed by atoms with Crippen LogP contribution in [0.5, 0.6) is 0 Å². The van der Waals surface area contributed by atoms with Crippen LogP contribution >= 0.6 is 0 Å². The number of rotatable bonds is 4. The lowest BCUT2D eigenvalue weighted by molar-refractivity contribution is 0.128. The van der Waals surface area contributed by atoms with Crippen molar-refractivity contribution in [2.45, 2.75) is 25.4 Å². The number of likely N-dealkylation sites (N-methyl/N-ethyl adjacent to an activating group) is 2. The van der Waals surface area contributed by atoms with Crippen molar-refractivity contribution in [3.8, 4) is 0 Å². The molecule has 3 N–H and O–H groups in total. The second kappa shape index (κ2) is 6.87. The maximum absolute atomic E-state index is 14.4. The molecule has 6 heteroatoms. The van der Waals surface area contributed by atoms with Gasteiger partial charge in [0.2, 0.25) is 0 Å². The zero-order chi connectivity index (χ0) is 15.4. The normalized spacial score (nSPS) is 21.0. The van der Waals surface area contributed by atoms with E-state index in [0.29, 0.717) is 18.2 Å². The zero-order valence-electron chi connectivity index (χ0n) is 12.6. The Morgan fingerprint density at radius 3 is 3.00 bits per heavy atom. The fourth-order valence-corrected chi connectivity index (χ4v) is 2.85. The molecule has 5 nitrogen and oxygen atoms in total. The van der Waals surface area contributed by atoms with Crippen molar-refractivity contribution in [3.63, 3.8) is 0 Å². The molecule has 1 aromatic rings. The molecule has 1 aliphatic rings. The third-order valence-corrected chi connectivity index (χ3v) is 4.11. The molecule has 0 spiro atoms. The van der Waals surface area contributed by atoms with Gasteiger partial charge in [-0.3, -0.25) is 4.90 Å². The van der Waals surface area contributed by atoms with Gasteiger partial charge >= 0.3 is 0 Å². The minimum Gasteiger partial charge on any atom is -0.409 e. The molecule has 1 saturated heterocycles. The van der Waals surface area contributed by atoms with Crippen LogP contribution in [0.15, 0.2) is 23.4 Å². The van der Waals surface area contributed by atoms with E-state index in [1.165, 1.54) is 6.07 Å². The predicted octanol–water partition coefficient (Wildman–Crippen LogP) is 1.45. The lowest BCUT2D eigenvalue weighted by Gasteiger charge is -2.36. The van der Waals surface area contributed by atoms with Gasteiger partial charge in [-0.2, -0.15) is 0 Å². The molecule has 0 bridgehead atoms. The number of hydrogen-bond donors (Lipinski definition) is 2. The Morgan fingerprint density at radius 2 is 2.33 bits per heavy atom. The number of nitrogens with two attached hydrogens (primary N) is 1. The van der Waals surface area contributed by atoms with Gasteiger partial charge in [-0.1, -0.05) is 17.3 Å². The van der Waals surface area contributed by atoms with Gasteiger partial charge in [-0.25, -0.2) is 4.39 Å². The van der Waals surface area contributed by atoms with Gasteiger partial charge in [-0.05, 0) is 39.5 Å². The first kappa shape index (κ1) is 15.7. The maximum atomic E-state index is 14.4. The number of piperidine rings is 1. The molecular formula is C15H23FN4O. The van der Waals surface area contributed by atoms with E-state index in [1.807, 2.05) is 7.05 Å². The van der Waals surface area contributed by atoms with E-state index < -0.39 is 5.82 Å². The number of nitrogens with zero attached hydrogens (tertiary/aromatic N) is 3. The zero-order valence-corrected chi connectivity index (χ0v) is 12.6. The molecular weight excluding hydrogens is 271 g/mol. The average molecular weight is 294 g/mol. The molecule has 21 heavy (non-hydrogen) atoms. The molecule has 1 unspecified atom stereocenters. The minimum absolute atomic E-state index is 0.143. The first-order chi connectivity index (χ1) is 10.0. The van der Waals surface area contributed by atoms with Crippen molar-refractivity contribution in [1.82, 2.24) is 9.80 Å². The van der Waals surface area contributed by atoms with Gasteiger partial charge in [-0.15, -0.1) is 0 Å². The van der Waals surface area contributed by atoms with Crippen LogP contribution in [-0.4, -0.2) is 54.1 Å². The molecule has 0 aliphatic carbocycles. The minimum atomic E-state index is -0.413. The van der Waals surface area contributed by atoms with Crippen molar-refractivity contribution >= 4 is 5.84 Å². The van der Waals surface area contributed by atoms with Gasteiger partial charge in [0.05, 0.1) is 5.56 Å². The second-order valence-electron chi connectivity index (χ2n) is 5.74. The molecule has 1 aliphatic heterocycles. The number of likely N-dealkylation sites (tertiary alicyclic amines) is 1. The summed E-state index contributed by atoms with van der Waals surface area (Å²) in [6.45, 7) is 2.63. The standard InChI is InChI=1S/C15H23FN4O/c1-19-8-4-6-12(10-19)20(2)9-11-5-3-7-13(14(11)16)15(17)18-21/h3,5,7,12,21H,4,6,8-10H2,1-2H3,(H2,17,18). The van der Waals surface area contributed by atoms with E-state index in [0.717, 1.165) is 25.9 Å². The Labute approximate surface area is 124 Å². The summed E-state index contributed by atoms with van der Waals surface area (Å²) >= 11 is 0. The van der Waals surface area contributed by atoms with Crippen molar-refractivity contribution in [3.05, 3.63) is 35.1 Å².